The van der Waals surface area contributed by atoms with Crippen molar-refractivity contribution in [2.75, 3.05) is 12.0 Å². The van der Waals surface area contributed by atoms with Gasteiger partial charge in [0.05, 0.1) is 11.8 Å². The lowest BCUT2D eigenvalue weighted by molar-refractivity contribution is 0.307. The Morgan fingerprint density at radius 2 is 2.00 bits per heavy atom. The van der Waals surface area contributed by atoms with Crippen LogP contribution in [0.5, 0.6) is 0 Å². The van der Waals surface area contributed by atoms with Crippen LogP contribution in [0.1, 0.15) is 49.9 Å². The Kier molecular flexibility index (Phi) is 4.29. The predicted molar refractivity (Wildman–Crippen MR) is 85.5 cm³/mol. The molecule has 23 heavy (non-hydrogen) atoms. The first-order chi connectivity index (χ1) is 10.9. The van der Waals surface area contributed by atoms with Crippen molar-refractivity contribution in [1.29, 1.82) is 0 Å². The van der Waals surface area contributed by atoms with Crippen LogP contribution in [-0.4, -0.2) is 35.1 Å². The predicted octanol–water partition coefficient (Wildman–Crippen LogP) is 1.62. The first-order valence-corrected chi connectivity index (χ1v) is 9.88. The molecule has 0 radical (unpaired) electrons. The number of nitrogens with two attached hydrogens (primary N) is 1. The van der Waals surface area contributed by atoms with Crippen molar-refractivity contribution >= 4 is 9.84 Å². The highest BCUT2D eigenvalue weighted by Gasteiger charge is 2.41. The molecule has 0 bridgehead atoms. The molecule has 2 N–H and O–H groups in total. The van der Waals surface area contributed by atoms with Crippen LogP contribution in [0.25, 0.3) is 0 Å². The fourth-order valence-electron chi connectivity index (χ4n) is 3.22. The van der Waals surface area contributed by atoms with Crippen LogP contribution < -0.4 is 5.73 Å². The van der Waals surface area contributed by atoms with Gasteiger partial charge in [0, 0.05) is 18.6 Å². The summed E-state index contributed by atoms with van der Waals surface area (Å²) in [5.74, 6) is 0.951. The lowest BCUT2D eigenvalue weighted by Crippen LogP contribution is -2.32. The van der Waals surface area contributed by atoms with Gasteiger partial charge in [0.1, 0.15) is 15.4 Å². The molecule has 8 heteroatoms. The van der Waals surface area contributed by atoms with Gasteiger partial charge in [0.2, 0.25) is 5.89 Å². The van der Waals surface area contributed by atoms with Gasteiger partial charge in [-0.2, -0.15) is 4.98 Å². The molecule has 0 aliphatic heterocycles. The first-order valence-electron chi connectivity index (χ1n) is 7.82. The molecule has 2 aromatic heterocycles. The maximum Gasteiger partial charge on any atom is 0.243 e. The zero-order valence-electron chi connectivity index (χ0n) is 13.2. The molecule has 3 rings (SSSR count). The van der Waals surface area contributed by atoms with Gasteiger partial charge >= 0.3 is 0 Å². The fourth-order valence-corrected chi connectivity index (χ4v) is 3.90. The molecule has 2 heterocycles. The fraction of sp³-hybridized carbons (Fsp3) is 0.600. The summed E-state index contributed by atoms with van der Waals surface area (Å²) in [6, 6.07) is 3.41. The molecule has 1 fully saturated rings. The summed E-state index contributed by atoms with van der Waals surface area (Å²) >= 11 is 0. The summed E-state index contributed by atoms with van der Waals surface area (Å²) in [6.07, 6.45) is 9.65. The summed E-state index contributed by atoms with van der Waals surface area (Å²) in [4.78, 5) is 4.50. The molecule has 0 spiro atoms. The molecule has 0 aromatic carbocycles. The van der Waals surface area contributed by atoms with E-state index < -0.39 is 15.9 Å². The van der Waals surface area contributed by atoms with E-state index in [1.54, 1.807) is 0 Å². The Hall–Kier alpha value is -1.67. The summed E-state index contributed by atoms with van der Waals surface area (Å²) in [5.41, 5.74) is 5.73. The molecule has 1 aliphatic carbocycles. The molecule has 0 unspecified atom stereocenters. The van der Waals surface area contributed by atoms with Crippen molar-refractivity contribution in [1.82, 2.24) is 14.7 Å². The van der Waals surface area contributed by atoms with Crippen LogP contribution in [0.15, 0.2) is 29.0 Å². The van der Waals surface area contributed by atoms with Gasteiger partial charge in [0.25, 0.3) is 0 Å². The highest BCUT2D eigenvalue weighted by Crippen LogP contribution is 2.41. The van der Waals surface area contributed by atoms with Crippen LogP contribution >= 0.6 is 0 Å². The Bertz CT molecular complexity index is 746. The zero-order valence-corrected chi connectivity index (χ0v) is 14.0. The van der Waals surface area contributed by atoms with Crippen molar-refractivity contribution in [2.24, 2.45) is 5.73 Å². The smallest absolute Gasteiger partial charge is 0.243 e. The van der Waals surface area contributed by atoms with E-state index in [2.05, 4.69) is 14.7 Å². The number of hydrogen-bond acceptors (Lipinski definition) is 6. The molecule has 126 valence electrons. The van der Waals surface area contributed by atoms with Crippen LogP contribution in [0, 0.1) is 0 Å². The van der Waals surface area contributed by atoms with Gasteiger partial charge < -0.3 is 14.8 Å². The topological polar surface area (TPSA) is 104 Å². The van der Waals surface area contributed by atoms with Crippen molar-refractivity contribution in [3.05, 3.63) is 36.2 Å². The SMILES string of the molecule is CS(=O)(=O)CC[C@@H](N)c1nc(C2(n3cccc3)CCCC2)no1. The highest BCUT2D eigenvalue weighted by molar-refractivity contribution is 7.90. The van der Waals surface area contributed by atoms with E-state index in [1.165, 1.54) is 6.26 Å². The maximum absolute atomic E-state index is 11.3. The number of aromatic nitrogens is 3. The van der Waals surface area contributed by atoms with Crippen LogP contribution in [0.2, 0.25) is 0 Å². The minimum atomic E-state index is -3.06. The third-order valence-corrected chi connectivity index (χ3v) is 5.48. The standard InChI is InChI=1S/C15H22N4O3S/c1-23(20,21)11-6-12(16)13-17-14(18-22-13)15(7-2-3-8-15)19-9-4-5-10-19/h4-5,9-10,12H,2-3,6-8,11,16H2,1H3/t12-/m1/s1. The number of hydrogen-bond donors (Lipinski definition) is 1. The van der Waals surface area contributed by atoms with E-state index in [-0.39, 0.29) is 17.7 Å². The average Bonchev–Trinajstić information content (AvgIpc) is 3.23. The maximum atomic E-state index is 11.3. The summed E-state index contributed by atoms with van der Waals surface area (Å²) < 4.78 is 30.0. The number of nitrogens with zero attached hydrogens (tertiary/aromatic N) is 3. The molecule has 0 amide bonds. The van der Waals surface area contributed by atoms with Gasteiger partial charge in [-0.3, -0.25) is 0 Å². The Morgan fingerprint density at radius 3 is 2.61 bits per heavy atom. The lowest BCUT2D eigenvalue weighted by Gasteiger charge is -2.27. The minimum absolute atomic E-state index is 0.00855. The summed E-state index contributed by atoms with van der Waals surface area (Å²) in [7, 11) is -3.06. The molecule has 7 nitrogen and oxygen atoms in total. The number of sulfone groups is 1. The third kappa shape index (κ3) is 3.32. The van der Waals surface area contributed by atoms with Gasteiger partial charge in [-0.05, 0) is 31.4 Å². The minimum Gasteiger partial charge on any atom is -0.341 e. The Balaban J connectivity index is 1.83. The Labute approximate surface area is 135 Å². The summed E-state index contributed by atoms with van der Waals surface area (Å²) in [5, 5.41) is 4.16. The first kappa shape index (κ1) is 16.2. The van der Waals surface area contributed by atoms with Crippen LogP contribution in [-0.2, 0) is 15.4 Å². The van der Waals surface area contributed by atoms with Crippen LogP contribution in [0.4, 0.5) is 0 Å². The quantitative estimate of drug-likeness (QED) is 0.858. The van der Waals surface area contributed by atoms with Gasteiger partial charge in [-0.1, -0.05) is 18.0 Å². The highest BCUT2D eigenvalue weighted by atomic mass is 32.2. The average molecular weight is 338 g/mol. The van der Waals surface area contributed by atoms with Crippen molar-refractivity contribution in [3.8, 4) is 0 Å². The third-order valence-electron chi connectivity index (χ3n) is 4.50. The second kappa shape index (κ2) is 6.09. The van der Waals surface area contributed by atoms with Crippen molar-refractivity contribution in [3.63, 3.8) is 0 Å². The van der Waals surface area contributed by atoms with Gasteiger partial charge in [-0.15, -0.1) is 0 Å². The largest absolute Gasteiger partial charge is 0.341 e. The zero-order chi connectivity index (χ0) is 16.5. The van der Waals surface area contributed by atoms with Crippen LogP contribution in [0.3, 0.4) is 0 Å². The van der Waals surface area contributed by atoms with E-state index in [1.807, 2.05) is 24.5 Å². The van der Waals surface area contributed by atoms with E-state index >= 15 is 0 Å². The molecular weight excluding hydrogens is 316 g/mol. The van der Waals surface area contributed by atoms with E-state index in [9.17, 15) is 8.42 Å². The molecule has 1 atom stereocenters. The molecule has 1 saturated carbocycles. The Morgan fingerprint density at radius 1 is 1.35 bits per heavy atom. The van der Waals surface area contributed by atoms with Crippen molar-refractivity contribution in [2.45, 2.75) is 43.7 Å². The second-order valence-electron chi connectivity index (χ2n) is 6.31. The molecule has 1 aliphatic rings. The normalized spacial score (nSPS) is 19.0. The molecule has 0 saturated heterocycles. The summed E-state index contributed by atoms with van der Waals surface area (Å²) in [6.45, 7) is 0. The second-order valence-corrected chi connectivity index (χ2v) is 8.57. The van der Waals surface area contributed by atoms with Gasteiger partial charge in [0.15, 0.2) is 5.82 Å². The molecular formula is C15H22N4O3S. The monoisotopic (exact) mass is 338 g/mol. The van der Waals surface area contributed by atoms with Crippen molar-refractivity contribution < 1.29 is 12.9 Å². The van der Waals surface area contributed by atoms with Gasteiger partial charge in [-0.25, -0.2) is 8.42 Å². The number of rotatable bonds is 6. The van der Waals surface area contributed by atoms with E-state index in [4.69, 9.17) is 10.3 Å². The van der Waals surface area contributed by atoms with E-state index in [0.717, 1.165) is 25.7 Å². The molecule has 2 aromatic rings. The van der Waals surface area contributed by atoms with E-state index in [0.29, 0.717) is 11.7 Å². The lowest BCUT2D eigenvalue weighted by atomic mass is 9.96.